The highest BCUT2D eigenvalue weighted by Gasteiger charge is 2.27. The van der Waals surface area contributed by atoms with Crippen LogP contribution in [0.15, 0.2) is 88.3 Å². The van der Waals surface area contributed by atoms with Crippen LogP contribution in [0.1, 0.15) is 18.7 Å². The zero-order chi connectivity index (χ0) is 26.4. The number of aromatic nitrogens is 4. The van der Waals surface area contributed by atoms with Crippen molar-refractivity contribution in [2.45, 2.75) is 13.0 Å². The summed E-state index contributed by atoms with van der Waals surface area (Å²) in [7, 11) is 1.60. The minimum Gasteiger partial charge on any atom is -0.497 e. The van der Waals surface area contributed by atoms with E-state index in [1.165, 1.54) is 18.5 Å². The van der Waals surface area contributed by atoms with Gasteiger partial charge in [-0.1, -0.05) is 24.3 Å². The normalized spacial score (nSPS) is 12.2. The predicted octanol–water partition coefficient (Wildman–Crippen LogP) is 5.61. The third kappa shape index (κ3) is 3.76. The molecule has 0 saturated carbocycles. The zero-order valence-corrected chi connectivity index (χ0v) is 20.6. The fourth-order valence-electron chi connectivity index (χ4n) is 4.70. The largest absolute Gasteiger partial charge is 0.497 e. The lowest BCUT2D eigenvalue weighted by atomic mass is 9.99. The standard InChI is InChI=1S/C29H22FN5O3/c1-16(27-23(18-6-5-7-19(30)14-18)26(36)21-8-3-4-9-22(21)38-27)35-29-24(28(31)32-15-33-29)25(34-35)17-10-12-20(37-2)13-11-17/h3-16H,1-2H3,(H2,31,32,33). The van der Waals surface area contributed by atoms with Crippen LogP contribution in [0.4, 0.5) is 10.2 Å². The summed E-state index contributed by atoms with van der Waals surface area (Å²) in [6.07, 6.45) is 1.37. The first-order valence-electron chi connectivity index (χ1n) is 11.9. The first-order valence-corrected chi connectivity index (χ1v) is 11.9. The summed E-state index contributed by atoms with van der Waals surface area (Å²) in [5, 5.41) is 5.84. The highest BCUT2D eigenvalue weighted by molar-refractivity contribution is 5.98. The Labute approximate surface area is 216 Å². The van der Waals surface area contributed by atoms with Gasteiger partial charge >= 0.3 is 0 Å². The topological polar surface area (TPSA) is 109 Å². The Bertz CT molecular complexity index is 1880. The maximum atomic E-state index is 14.3. The predicted molar refractivity (Wildman–Crippen MR) is 143 cm³/mol. The van der Waals surface area contributed by atoms with Gasteiger partial charge in [0.25, 0.3) is 0 Å². The molecule has 8 nitrogen and oxygen atoms in total. The molecule has 188 valence electrons. The molecule has 0 spiro atoms. The number of para-hydroxylation sites is 1. The van der Waals surface area contributed by atoms with Gasteiger partial charge in [0.2, 0.25) is 5.43 Å². The van der Waals surface area contributed by atoms with Gasteiger partial charge in [-0.25, -0.2) is 19.0 Å². The molecule has 6 rings (SSSR count). The van der Waals surface area contributed by atoms with Gasteiger partial charge in [-0.15, -0.1) is 0 Å². The summed E-state index contributed by atoms with van der Waals surface area (Å²) in [5.74, 6) is 0.833. The number of nitrogens with zero attached hydrogens (tertiary/aromatic N) is 4. The first kappa shape index (κ1) is 23.4. The molecule has 3 heterocycles. The quantitative estimate of drug-likeness (QED) is 0.323. The molecule has 0 fully saturated rings. The molecule has 3 aromatic carbocycles. The number of hydrogen-bond donors (Lipinski definition) is 1. The van der Waals surface area contributed by atoms with Gasteiger partial charge in [-0.05, 0) is 61.0 Å². The van der Waals surface area contributed by atoms with Gasteiger partial charge in [0, 0.05) is 5.56 Å². The molecule has 38 heavy (non-hydrogen) atoms. The van der Waals surface area contributed by atoms with Crippen LogP contribution in [-0.2, 0) is 0 Å². The van der Waals surface area contributed by atoms with Crippen molar-refractivity contribution >= 4 is 27.8 Å². The molecule has 1 unspecified atom stereocenters. The Kier molecular flexibility index (Phi) is 5.60. The van der Waals surface area contributed by atoms with E-state index in [0.29, 0.717) is 44.8 Å². The molecule has 0 radical (unpaired) electrons. The van der Waals surface area contributed by atoms with Crippen LogP contribution in [0.3, 0.4) is 0 Å². The maximum absolute atomic E-state index is 14.3. The molecule has 6 aromatic rings. The van der Waals surface area contributed by atoms with Crippen molar-refractivity contribution in [1.29, 1.82) is 0 Å². The van der Waals surface area contributed by atoms with E-state index in [4.69, 9.17) is 20.0 Å². The molecule has 0 aliphatic heterocycles. The van der Waals surface area contributed by atoms with E-state index < -0.39 is 11.9 Å². The summed E-state index contributed by atoms with van der Waals surface area (Å²) in [6.45, 7) is 1.85. The Morgan fingerprint density at radius 2 is 1.79 bits per heavy atom. The number of fused-ring (bicyclic) bond motifs is 2. The van der Waals surface area contributed by atoms with Crippen molar-refractivity contribution in [3.05, 3.63) is 101 Å². The van der Waals surface area contributed by atoms with Crippen LogP contribution in [0.25, 0.3) is 44.4 Å². The van der Waals surface area contributed by atoms with Gasteiger partial charge < -0.3 is 14.9 Å². The van der Waals surface area contributed by atoms with Crippen molar-refractivity contribution < 1.29 is 13.5 Å². The lowest BCUT2D eigenvalue weighted by Gasteiger charge is -2.17. The Morgan fingerprint density at radius 3 is 2.55 bits per heavy atom. The van der Waals surface area contributed by atoms with Gasteiger partial charge in [-0.3, -0.25) is 4.79 Å². The van der Waals surface area contributed by atoms with Crippen molar-refractivity contribution in [2.75, 3.05) is 12.8 Å². The van der Waals surface area contributed by atoms with Gasteiger partial charge in [0.05, 0.1) is 23.4 Å². The average molecular weight is 508 g/mol. The molecule has 2 N–H and O–H groups in total. The van der Waals surface area contributed by atoms with Crippen molar-refractivity contribution in [3.63, 3.8) is 0 Å². The number of anilines is 1. The highest BCUT2D eigenvalue weighted by atomic mass is 19.1. The lowest BCUT2D eigenvalue weighted by molar-refractivity contribution is 0.415. The molecule has 0 bridgehead atoms. The van der Waals surface area contributed by atoms with Gasteiger partial charge in [0.1, 0.15) is 46.8 Å². The van der Waals surface area contributed by atoms with E-state index in [0.717, 1.165) is 5.56 Å². The second kappa shape index (κ2) is 9.11. The molecule has 0 aliphatic rings. The molecule has 0 aliphatic carbocycles. The number of methoxy groups -OCH3 is 1. The van der Waals surface area contributed by atoms with Crippen molar-refractivity contribution in [3.8, 4) is 28.1 Å². The molecule has 9 heteroatoms. The molecule has 3 aromatic heterocycles. The number of halogens is 1. The second-order valence-electron chi connectivity index (χ2n) is 8.83. The number of benzene rings is 3. The van der Waals surface area contributed by atoms with Crippen LogP contribution < -0.4 is 15.9 Å². The van der Waals surface area contributed by atoms with Crippen LogP contribution in [0.5, 0.6) is 5.75 Å². The number of hydrogen-bond acceptors (Lipinski definition) is 7. The van der Waals surface area contributed by atoms with E-state index in [2.05, 4.69) is 9.97 Å². The third-order valence-corrected chi connectivity index (χ3v) is 6.57. The van der Waals surface area contributed by atoms with E-state index in [1.807, 2.05) is 31.2 Å². The van der Waals surface area contributed by atoms with Crippen LogP contribution in [-0.4, -0.2) is 26.9 Å². The second-order valence-corrected chi connectivity index (χ2v) is 8.83. The van der Waals surface area contributed by atoms with Gasteiger partial charge in [-0.2, -0.15) is 5.10 Å². The summed E-state index contributed by atoms with van der Waals surface area (Å²) in [6, 6.07) is 19.7. The zero-order valence-electron chi connectivity index (χ0n) is 20.6. The Balaban J connectivity index is 1.62. The lowest BCUT2D eigenvalue weighted by Crippen LogP contribution is -2.16. The monoisotopic (exact) mass is 507 g/mol. The fourth-order valence-corrected chi connectivity index (χ4v) is 4.70. The maximum Gasteiger partial charge on any atom is 0.200 e. The number of nitrogens with two attached hydrogens (primary N) is 1. The summed E-state index contributed by atoms with van der Waals surface area (Å²) < 4.78 is 27.5. The number of rotatable bonds is 5. The smallest absolute Gasteiger partial charge is 0.200 e. The van der Waals surface area contributed by atoms with E-state index in [-0.39, 0.29) is 16.8 Å². The average Bonchev–Trinajstić information content (AvgIpc) is 3.33. The molecular formula is C29H22FN5O3. The van der Waals surface area contributed by atoms with Crippen LogP contribution in [0, 0.1) is 5.82 Å². The van der Waals surface area contributed by atoms with Crippen molar-refractivity contribution in [1.82, 2.24) is 19.7 Å². The third-order valence-electron chi connectivity index (χ3n) is 6.57. The Hall–Kier alpha value is -5.05. The summed E-state index contributed by atoms with van der Waals surface area (Å²) >= 11 is 0. The van der Waals surface area contributed by atoms with Crippen molar-refractivity contribution in [2.24, 2.45) is 0 Å². The van der Waals surface area contributed by atoms with Crippen LogP contribution >= 0.6 is 0 Å². The van der Waals surface area contributed by atoms with E-state index in [9.17, 15) is 9.18 Å². The molecule has 1 atom stereocenters. The number of ether oxygens (including phenoxy) is 1. The molecular weight excluding hydrogens is 485 g/mol. The van der Waals surface area contributed by atoms with Crippen LogP contribution in [0.2, 0.25) is 0 Å². The summed E-state index contributed by atoms with van der Waals surface area (Å²) in [5.41, 5.74) is 8.94. The van der Waals surface area contributed by atoms with Gasteiger partial charge in [0.15, 0.2) is 5.65 Å². The Morgan fingerprint density at radius 1 is 1.00 bits per heavy atom. The summed E-state index contributed by atoms with van der Waals surface area (Å²) in [4.78, 5) is 22.4. The fraction of sp³-hybridized carbons (Fsp3) is 0.103. The highest BCUT2D eigenvalue weighted by Crippen LogP contribution is 2.36. The first-order chi connectivity index (χ1) is 18.5. The molecule has 0 amide bonds. The minimum absolute atomic E-state index is 0.257. The minimum atomic E-state index is -0.616. The SMILES string of the molecule is COc1ccc(-c2nn(C(C)c3oc4ccccc4c(=O)c3-c3cccc(F)c3)c3ncnc(N)c23)cc1. The van der Waals surface area contributed by atoms with E-state index in [1.54, 1.807) is 48.2 Å². The number of nitrogen functional groups attached to an aromatic ring is 1. The van der Waals surface area contributed by atoms with E-state index >= 15 is 0 Å². The molecule has 0 saturated heterocycles.